The average molecular weight is 247 g/mol. The zero-order valence-electron chi connectivity index (χ0n) is 10.7. The fraction of sp³-hybridized carbons (Fsp3) is 0.429. The summed E-state index contributed by atoms with van der Waals surface area (Å²) in [7, 11) is 1.60. The summed E-state index contributed by atoms with van der Waals surface area (Å²) >= 11 is 0. The van der Waals surface area contributed by atoms with Crippen molar-refractivity contribution in [2.75, 3.05) is 13.7 Å². The van der Waals surface area contributed by atoms with E-state index in [2.05, 4.69) is 0 Å². The van der Waals surface area contributed by atoms with Crippen LogP contribution in [0.4, 0.5) is 0 Å². The van der Waals surface area contributed by atoms with Crippen molar-refractivity contribution in [2.24, 2.45) is 0 Å². The Hall–Kier alpha value is -1.84. The predicted octanol–water partition coefficient (Wildman–Crippen LogP) is 1.95. The normalized spacial score (nSPS) is 19.1. The number of hydrogen-bond donors (Lipinski definition) is 0. The van der Waals surface area contributed by atoms with Crippen molar-refractivity contribution >= 4 is 11.8 Å². The van der Waals surface area contributed by atoms with Crippen LogP contribution in [0, 0.1) is 0 Å². The highest BCUT2D eigenvalue weighted by molar-refractivity contribution is 6.00. The zero-order chi connectivity index (χ0) is 13.1. The van der Waals surface area contributed by atoms with Crippen LogP contribution in [0.3, 0.4) is 0 Å². The van der Waals surface area contributed by atoms with Gasteiger partial charge in [0.2, 0.25) is 11.8 Å². The number of rotatable bonds is 3. The molecule has 0 aromatic heterocycles. The Bertz CT molecular complexity index is 470. The van der Waals surface area contributed by atoms with E-state index in [9.17, 15) is 9.59 Å². The molecule has 2 rings (SSSR count). The Labute approximate surface area is 107 Å². The van der Waals surface area contributed by atoms with Crippen LogP contribution in [0.2, 0.25) is 0 Å². The van der Waals surface area contributed by atoms with E-state index in [1.54, 1.807) is 14.0 Å². The molecule has 0 saturated carbocycles. The summed E-state index contributed by atoms with van der Waals surface area (Å²) in [5.41, 5.74) is 0.922. The smallest absolute Gasteiger partial charge is 0.236 e. The summed E-state index contributed by atoms with van der Waals surface area (Å²) in [5, 5.41) is 0. The third-order valence-electron chi connectivity index (χ3n) is 3.31. The third kappa shape index (κ3) is 2.23. The summed E-state index contributed by atoms with van der Waals surface area (Å²) in [6.45, 7) is 2.29. The minimum absolute atomic E-state index is 0.0879. The van der Waals surface area contributed by atoms with Gasteiger partial charge in [-0.15, -0.1) is 0 Å². The van der Waals surface area contributed by atoms with Crippen LogP contribution in [-0.4, -0.2) is 30.4 Å². The molecule has 0 radical (unpaired) electrons. The van der Waals surface area contributed by atoms with Crippen molar-refractivity contribution in [1.82, 2.24) is 4.90 Å². The molecule has 1 aromatic rings. The summed E-state index contributed by atoms with van der Waals surface area (Å²) in [5.74, 6) is 0.344. The zero-order valence-corrected chi connectivity index (χ0v) is 10.7. The number of nitrogens with zero attached hydrogens (tertiary/aromatic N) is 1. The van der Waals surface area contributed by atoms with Crippen LogP contribution in [0.25, 0.3) is 0 Å². The molecule has 2 amide bonds. The Morgan fingerprint density at radius 1 is 1.50 bits per heavy atom. The molecule has 1 aliphatic heterocycles. The van der Waals surface area contributed by atoms with Crippen molar-refractivity contribution < 1.29 is 14.3 Å². The highest BCUT2D eigenvalue weighted by Crippen LogP contribution is 2.30. The minimum atomic E-state index is -0.212. The van der Waals surface area contributed by atoms with Gasteiger partial charge in [-0.1, -0.05) is 19.1 Å². The topological polar surface area (TPSA) is 46.6 Å². The third-order valence-corrected chi connectivity index (χ3v) is 3.31. The molecule has 1 heterocycles. The van der Waals surface area contributed by atoms with Gasteiger partial charge < -0.3 is 4.74 Å². The first-order chi connectivity index (χ1) is 8.67. The number of carbonyl (C=O) groups excluding carboxylic acids is 2. The molecular formula is C14H17NO3. The Balaban J connectivity index is 2.20. The molecule has 4 heteroatoms. The van der Waals surface area contributed by atoms with Crippen molar-refractivity contribution in [3.63, 3.8) is 0 Å². The number of benzene rings is 1. The molecule has 0 aliphatic carbocycles. The number of methoxy groups -OCH3 is 1. The molecular weight excluding hydrogens is 230 g/mol. The Kier molecular flexibility index (Phi) is 3.65. The van der Waals surface area contributed by atoms with Gasteiger partial charge >= 0.3 is 0 Å². The van der Waals surface area contributed by atoms with Crippen LogP contribution in [0.1, 0.15) is 31.2 Å². The Morgan fingerprint density at radius 2 is 2.28 bits per heavy atom. The largest absolute Gasteiger partial charge is 0.497 e. The molecule has 1 saturated heterocycles. The summed E-state index contributed by atoms with van der Waals surface area (Å²) < 4.78 is 5.15. The van der Waals surface area contributed by atoms with E-state index < -0.39 is 0 Å². The van der Waals surface area contributed by atoms with Crippen LogP contribution in [-0.2, 0) is 9.59 Å². The summed E-state index contributed by atoms with van der Waals surface area (Å²) in [4.78, 5) is 25.1. The van der Waals surface area contributed by atoms with Crippen molar-refractivity contribution in [3.05, 3.63) is 29.8 Å². The lowest BCUT2D eigenvalue weighted by atomic mass is 9.97. The molecule has 4 nitrogen and oxygen atoms in total. The standard InChI is InChI=1S/C14H17NO3/c1-3-13(16)15-8-7-12(14(15)17)10-5-4-6-11(9-10)18-2/h4-6,9,12H,3,7-8H2,1-2H3. The van der Waals surface area contributed by atoms with E-state index in [1.807, 2.05) is 24.3 Å². The van der Waals surface area contributed by atoms with E-state index >= 15 is 0 Å². The van der Waals surface area contributed by atoms with Gasteiger partial charge in [0.25, 0.3) is 0 Å². The van der Waals surface area contributed by atoms with Gasteiger partial charge in [0.05, 0.1) is 13.0 Å². The first kappa shape index (κ1) is 12.6. The molecule has 0 spiro atoms. The lowest BCUT2D eigenvalue weighted by Gasteiger charge is -2.14. The van der Waals surface area contributed by atoms with Crippen LogP contribution in [0.5, 0.6) is 5.75 Å². The molecule has 1 aliphatic rings. The predicted molar refractivity (Wildman–Crippen MR) is 67.4 cm³/mol. The molecule has 1 unspecified atom stereocenters. The number of amides is 2. The number of carbonyl (C=O) groups is 2. The molecule has 1 fully saturated rings. The SMILES string of the molecule is CCC(=O)N1CCC(c2cccc(OC)c2)C1=O. The maximum Gasteiger partial charge on any atom is 0.236 e. The van der Waals surface area contributed by atoms with Crippen LogP contribution in [0.15, 0.2) is 24.3 Å². The number of hydrogen-bond acceptors (Lipinski definition) is 3. The van der Waals surface area contributed by atoms with Gasteiger partial charge in [-0.05, 0) is 24.1 Å². The molecule has 96 valence electrons. The monoisotopic (exact) mass is 247 g/mol. The Morgan fingerprint density at radius 3 is 2.94 bits per heavy atom. The number of imide groups is 1. The van der Waals surface area contributed by atoms with Gasteiger partial charge in [-0.2, -0.15) is 0 Å². The maximum absolute atomic E-state index is 12.2. The number of ether oxygens (including phenoxy) is 1. The highest BCUT2D eigenvalue weighted by atomic mass is 16.5. The number of likely N-dealkylation sites (tertiary alicyclic amines) is 1. The van der Waals surface area contributed by atoms with E-state index in [0.717, 1.165) is 11.3 Å². The molecule has 1 atom stereocenters. The van der Waals surface area contributed by atoms with E-state index in [1.165, 1.54) is 4.90 Å². The molecule has 0 bridgehead atoms. The first-order valence-corrected chi connectivity index (χ1v) is 6.15. The van der Waals surface area contributed by atoms with Crippen molar-refractivity contribution in [3.8, 4) is 5.75 Å². The van der Waals surface area contributed by atoms with Gasteiger partial charge in [0.15, 0.2) is 0 Å². The van der Waals surface area contributed by atoms with Gasteiger partial charge in [-0.3, -0.25) is 14.5 Å². The second-order valence-corrected chi connectivity index (χ2v) is 4.36. The second-order valence-electron chi connectivity index (χ2n) is 4.36. The summed E-state index contributed by atoms with van der Waals surface area (Å²) in [6.07, 6.45) is 1.06. The van der Waals surface area contributed by atoms with Crippen molar-refractivity contribution in [1.29, 1.82) is 0 Å². The van der Waals surface area contributed by atoms with E-state index in [0.29, 0.717) is 19.4 Å². The molecule has 1 aromatic carbocycles. The van der Waals surface area contributed by atoms with Crippen LogP contribution < -0.4 is 4.74 Å². The quantitative estimate of drug-likeness (QED) is 0.820. The van der Waals surface area contributed by atoms with Gasteiger partial charge in [-0.25, -0.2) is 0 Å². The van der Waals surface area contributed by atoms with Gasteiger partial charge in [0.1, 0.15) is 5.75 Å². The van der Waals surface area contributed by atoms with Gasteiger partial charge in [0, 0.05) is 13.0 Å². The average Bonchev–Trinajstić information content (AvgIpc) is 2.80. The molecule has 0 N–H and O–H groups in total. The molecule has 18 heavy (non-hydrogen) atoms. The van der Waals surface area contributed by atoms with Crippen LogP contribution >= 0.6 is 0 Å². The lowest BCUT2D eigenvalue weighted by molar-refractivity contribution is -0.142. The van der Waals surface area contributed by atoms with Crippen molar-refractivity contribution in [2.45, 2.75) is 25.7 Å². The fourth-order valence-corrected chi connectivity index (χ4v) is 2.29. The second kappa shape index (κ2) is 5.21. The first-order valence-electron chi connectivity index (χ1n) is 6.15. The lowest BCUT2D eigenvalue weighted by Crippen LogP contribution is -2.32. The summed E-state index contributed by atoms with van der Waals surface area (Å²) in [6, 6.07) is 7.48. The van der Waals surface area contributed by atoms with E-state index in [-0.39, 0.29) is 17.7 Å². The highest BCUT2D eigenvalue weighted by Gasteiger charge is 2.35. The van der Waals surface area contributed by atoms with E-state index in [4.69, 9.17) is 4.74 Å². The fourth-order valence-electron chi connectivity index (χ4n) is 2.29. The minimum Gasteiger partial charge on any atom is -0.497 e. The maximum atomic E-state index is 12.2.